The Kier molecular flexibility index (Phi) is 5.24. The number of aliphatic hydroxyl groups is 2. The van der Waals surface area contributed by atoms with E-state index in [0.717, 1.165) is 27.4 Å². The molecule has 2 saturated heterocycles. The molecule has 3 aromatic heterocycles. The number of likely N-dealkylation sites (N-methyl/N-ethyl adjacent to an activating group) is 1. The van der Waals surface area contributed by atoms with Crippen molar-refractivity contribution in [2.75, 3.05) is 25.1 Å². The standard InChI is InChI=1S/C24H26BrN7O3/c1-31-10-24(9-14(31)6-12-2-3-13-8-16(25)21(27)30-17(13)7-12)19(34)18(33)23(35-24)32-5-4-15-20(26)28-11-29-22(15)32/h2-5,7-8,11,14,18-19,23,33-34H,6,9-10H2,1H3,(H2,27,30)(H2,26,28,29). The zero-order chi connectivity index (χ0) is 24.5. The molecule has 5 heterocycles. The first kappa shape index (κ1) is 22.6. The van der Waals surface area contributed by atoms with Gasteiger partial charge >= 0.3 is 0 Å². The van der Waals surface area contributed by atoms with Crippen molar-refractivity contribution in [2.24, 2.45) is 0 Å². The molecule has 35 heavy (non-hydrogen) atoms. The van der Waals surface area contributed by atoms with Gasteiger partial charge in [-0.2, -0.15) is 0 Å². The van der Waals surface area contributed by atoms with E-state index >= 15 is 0 Å². The summed E-state index contributed by atoms with van der Waals surface area (Å²) in [4.78, 5) is 15.0. The fourth-order valence-electron chi connectivity index (χ4n) is 5.56. The lowest BCUT2D eigenvalue weighted by molar-refractivity contribution is -0.0944. The molecule has 0 amide bonds. The van der Waals surface area contributed by atoms with Crippen molar-refractivity contribution in [3.05, 3.63) is 52.9 Å². The van der Waals surface area contributed by atoms with E-state index in [0.29, 0.717) is 35.6 Å². The summed E-state index contributed by atoms with van der Waals surface area (Å²) in [7, 11) is 2.02. The summed E-state index contributed by atoms with van der Waals surface area (Å²) < 4.78 is 8.95. The SMILES string of the molecule is CN1CC2(CC1Cc1ccc3cc(Br)c(N)nc3c1)OC(n1ccc3c(N)ncnc31)C(O)C2O. The highest BCUT2D eigenvalue weighted by molar-refractivity contribution is 9.10. The van der Waals surface area contributed by atoms with Crippen molar-refractivity contribution in [1.82, 2.24) is 24.4 Å². The van der Waals surface area contributed by atoms with Crippen LogP contribution in [0.15, 0.2) is 47.3 Å². The number of nitrogen functional groups attached to an aromatic ring is 2. The van der Waals surface area contributed by atoms with Gasteiger partial charge in [0.1, 0.15) is 41.4 Å². The van der Waals surface area contributed by atoms with Crippen molar-refractivity contribution in [2.45, 2.75) is 42.9 Å². The predicted octanol–water partition coefficient (Wildman–Crippen LogP) is 1.84. The summed E-state index contributed by atoms with van der Waals surface area (Å²) in [6.07, 6.45) is 1.52. The number of anilines is 2. The van der Waals surface area contributed by atoms with Crippen molar-refractivity contribution in [3.63, 3.8) is 0 Å². The van der Waals surface area contributed by atoms with Gasteiger partial charge in [-0.15, -0.1) is 0 Å². The highest BCUT2D eigenvalue weighted by Crippen LogP contribution is 2.46. The number of rotatable bonds is 3. The third-order valence-corrected chi connectivity index (χ3v) is 8.02. The number of aliphatic hydroxyl groups excluding tert-OH is 2. The average molecular weight is 540 g/mol. The average Bonchev–Trinajstić information content (AvgIpc) is 3.46. The zero-order valence-electron chi connectivity index (χ0n) is 19.0. The molecule has 10 nitrogen and oxygen atoms in total. The molecule has 2 aliphatic rings. The highest BCUT2D eigenvalue weighted by atomic mass is 79.9. The molecule has 1 aromatic carbocycles. The highest BCUT2D eigenvalue weighted by Gasteiger charge is 2.59. The number of nitrogens with two attached hydrogens (primary N) is 2. The van der Waals surface area contributed by atoms with Crippen LogP contribution in [0.1, 0.15) is 18.2 Å². The van der Waals surface area contributed by atoms with Gasteiger partial charge in [0.05, 0.1) is 15.4 Å². The number of pyridine rings is 1. The quantitative estimate of drug-likeness (QED) is 0.306. The van der Waals surface area contributed by atoms with Crippen LogP contribution in [0.5, 0.6) is 0 Å². The molecular formula is C24H26BrN7O3. The van der Waals surface area contributed by atoms with E-state index in [1.807, 2.05) is 19.2 Å². The summed E-state index contributed by atoms with van der Waals surface area (Å²) in [5, 5.41) is 23.8. The third-order valence-electron chi connectivity index (χ3n) is 7.38. The second kappa shape index (κ2) is 8.10. The van der Waals surface area contributed by atoms with Crippen LogP contribution in [-0.2, 0) is 11.2 Å². The van der Waals surface area contributed by atoms with E-state index in [-0.39, 0.29) is 6.04 Å². The molecule has 2 aliphatic heterocycles. The number of aromatic nitrogens is 4. The van der Waals surface area contributed by atoms with Crippen LogP contribution in [0, 0.1) is 0 Å². The monoisotopic (exact) mass is 539 g/mol. The first-order valence-electron chi connectivity index (χ1n) is 11.4. The number of hydrogen-bond acceptors (Lipinski definition) is 9. The maximum atomic E-state index is 11.1. The topological polar surface area (TPSA) is 149 Å². The van der Waals surface area contributed by atoms with Crippen LogP contribution >= 0.6 is 15.9 Å². The van der Waals surface area contributed by atoms with E-state index < -0.39 is 24.0 Å². The second-order valence-corrected chi connectivity index (χ2v) is 10.4. The van der Waals surface area contributed by atoms with Crippen LogP contribution in [0.4, 0.5) is 11.6 Å². The van der Waals surface area contributed by atoms with E-state index in [9.17, 15) is 10.2 Å². The van der Waals surface area contributed by atoms with Crippen molar-refractivity contribution < 1.29 is 14.9 Å². The van der Waals surface area contributed by atoms with Crippen LogP contribution in [-0.4, -0.2) is 72.1 Å². The summed E-state index contributed by atoms with van der Waals surface area (Å²) in [5.74, 6) is 0.815. The van der Waals surface area contributed by atoms with E-state index in [1.165, 1.54) is 6.33 Å². The molecule has 5 atom stereocenters. The molecular weight excluding hydrogens is 514 g/mol. The molecule has 4 aromatic rings. The van der Waals surface area contributed by atoms with Gasteiger partial charge in [0.2, 0.25) is 0 Å². The minimum absolute atomic E-state index is 0.111. The van der Waals surface area contributed by atoms with Crippen LogP contribution in [0.2, 0.25) is 0 Å². The Morgan fingerprint density at radius 2 is 2.00 bits per heavy atom. The molecule has 0 saturated carbocycles. The summed E-state index contributed by atoms with van der Waals surface area (Å²) in [6, 6.07) is 10.0. The number of hydrogen-bond donors (Lipinski definition) is 4. The minimum atomic E-state index is -1.11. The summed E-state index contributed by atoms with van der Waals surface area (Å²) in [5.41, 5.74) is 13.6. The Labute approximate surface area is 209 Å². The number of fused-ring (bicyclic) bond motifs is 2. The van der Waals surface area contributed by atoms with Gasteiger partial charge in [0.25, 0.3) is 0 Å². The largest absolute Gasteiger partial charge is 0.387 e. The number of nitrogens with zero attached hydrogens (tertiary/aromatic N) is 5. The predicted molar refractivity (Wildman–Crippen MR) is 135 cm³/mol. The zero-order valence-corrected chi connectivity index (χ0v) is 20.6. The van der Waals surface area contributed by atoms with Gasteiger partial charge in [-0.1, -0.05) is 12.1 Å². The molecule has 2 fully saturated rings. The number of ether oxygens (including phenoxy) is 1. The molecule has 0 aliphatic carbocycles. The molecule has 6 N–H and O–H groups in total. The summed E-state index contributed by atoms with van der Waals surface area (Å²) >= 11 is 3.43. The lowest BCUT2D eigenvalue weighted by Gasteiger charge is -2.26. The third kappa shape index (κ3) is 3.57. The van der Waals surface area contributed by atoms with Crippen LogP contribution < -0.4 is 11.5 Å². The Morgan fingerprint density at radius 3 is 2.83 bits per heavy atom. The number of halogens is 1. The molecule has 182 valence electrons. The van der Waals surface area contributed by atoms with Gasteiger partial charge in [0, 0.05) is 24.2 Å². The fourth-order valence-corrected chi connectivity index (χ4v) is 5.90. The fraction of sp³-hybridized carbons (Fsp3) is 0.375. The molecule has 6 rings (SSSR count). The van der Waals surface area contributed by atoms with Gasteiger partial charge in [-0.05, 0) is 59.6 Å². The van der Waals surface area contributed by atoms with E-state index in [2.05, 4.69) is 47.9 Å². The van der Waals surface area contributed by atoms with Gasteiger partial charge in [-0.3, -0.25) is 0 Å². The van der Waals surface area contributed by atoms with Gasteiger partial charge in [0.15, 0.2) is 6.23 Å². The normalized spacial score (nSPS) is 29.1. The maximum absolute atomic E-state index is 11.1. The van der Waals surface area contributed by atoms with Crippen LogP contribution in [0.25, 0.3) is 21.9 Å². The Hall–Kier alpha value is -2.83. The van der Waals surface area contributed by atoms with Gasteiger partial charge in [-0.25, -0.2) is 15.0 Å². The van der Waals surface area contributed by atoms with Gasteiger partial charge < -0.3 is 35.9 Å². The Balaban J connectivity index is 1.26. The van der Waals surface area contributed by atoms with E-state index in [1.54, 1.807) is 16.8 Å². The van der Waals surface area contributed by atoms with Crippen molar-refractivity contribution >= 4 is 49.5 Å². The first-order chi connectivity index (χ1) is 16.8. The first-order valence-corrected chi connectivity index (χ1v) is 12.2. The van der Waals surface area contributed by atoms with E-state index in [4.69, 9.17) is 16.2 Å². The molecule has 0 radical (unpaired) electrons. The second-order valence-electron chi connectivity index (χ2n) is 9.59. The van der Waals surface area contributed by atoms with Crippen molar-refractivity contribution in [1.29, 1.82) is 0 Å². The molecule has 1 spiro atoms. The molecule has 11 heteroatoms. The lowest BCUT2D eigenvalue weighted by atomic mass is 9.90. The maximum Gasteiger partial charge on any atom is 0.164 e. The summed E-state index contributed by atoms with van der Waals surface area (Å²) in [6.45, 7) is 0.494. The molecule has 0 bridgehead atoms. The number of likely N-dealkylation sites (tertiary alicyclic amines) is 1. The minimum Gasteiger partial charge on any atom is -0.387 e. The van der Waals surface area contributed by atoms with Crippen molar-refractivity contribution in [3.8, 4) is 0 Å². The van der Waals surface area contributed by atoms with Crippen LogP contribution in [0.3, 0.4) is 0 Å². The number of benzene rings is 1. The Morgan fingerprint density at radius 1 is 1.17 bits per heavy atom. The molecule has 5 unspecified atom stereocenters. The lowest BCUT2D eigenvalue weighted by Crippen LogP contribution is -2.44. The smallest absolute Gasteiger partial charge is 0.164 e. The Bertz CT molecular complexity index is 1450.